The highest BCUT2D eigenvalue weighted by molar-refractivity contribution is 7.89. The maximum Gasteiger partial charge on any atom is 0.311 e. The summed E-state index contributed by atoms with van der Waals surface area (Å²) < 4.78 is 27.1. The van der Waals surface area contributed by atoms with E-state index in [0.717, 1.165) is 12.8 Å². The van der Waals surface area contributed by atoms with Crippen LogP contribution in [0.25, 0.3) is 0 Å². The number of hydrogen-bond donors (Lipinski definition) is 1. The SMILES string of the molecule is O=C(O)[C@@]12CCC[C@H]1CN(S(=O)(=O)c1ccc(C3CC3)cc1)C2. The molecule has 0 unspecified atom stereocenters. The van der Waals surface area contributed by atoms with E-state index in [1.54, 1.807) is 12.1 Å². The zero-order valence-corrected chi connectivity index (χ0v) is 13.8. The monoisotopic (exact) mass is 335 g/mol. The fourth-order valence-electron chi connectivity index (χ4n) is 4.25. The number of hydrogen-bond acceptors (Lipinski definition) is 3. The van der Waals surface area contributed by atoms with Crippen LogP contribution in [-0.2, 0) is 14.8 Å². The van der Waals surface area contributed by atoms with Gasteiger partial charge in [0.25, 0.3) is 0 Å². The van der Waals surface area contributed by atoms with Gasteiger partial charge in [0.2, 0.25) is 10.0 Å². The van der Waals surface area contributed by atoms with E-state index in [1.807, 2.05) is 12.1 Å². The lowest BCUT2D eigenvalue weighted by Crippen LogP contribution is -2.37. The van der Waals surface area contributed by atoms with Gasteiger partial charge in [0.05, 0.1) is 10.3 Å². The van der Waals surface area contributed by atoms with Crippen LogP contribution in [0, 0.1) is 11.3 Å². The fourth-order valence-corrected chi connectivity index (χ4v) is 5.81. The summed E-state index contributed by atoms with van der Waals surface area (Å²) in [6.07, 6.45) is 4.63. The Bertz CT molecular complexity index is 738. The van der Waals surface area contributed by atoms with Gasteiger partial charge in [-0.05, 0) is 55.2 Å². The normalized spacial score (nSPS) is 31.2. The van der Waals surface area contributed by atoms with Gasteiger partial charge in [-0.1, -0.05) is 18.6 Å². The molecule has 0 amide bonds. The van der Waals surface area contributed by atoms with Crippen molar-refractivity contribution in [1.29, 1.82) is 0 Å². The predicted octanol–water partition coefficient (Wildman–Crippen LogP) is 2.44. The maximum absolute atomic E-state index is 12.9. The van der Waals surface area contributed by atoms with Crippen LogP contribution in [-0.4, -0.2) is 36.9 Å². The molecular weight excluding hydrogens is 314 g/mol. The highest BCUT2D eigenvalue weighted by Gasteiger charge is 2.57. The summed E-state index contributed by atoms with van der Waals surface area (Å²) in [6.45, 7) is 0.443. The Hall–Kier alpha value is -1.40. The van der Waals surface area contributed by atoms with Gasteiger partial charge in [-0.3, -0.25) is 4.79 Å². The van der Waals surface area contributed by atoms with Crippen LogP contribution in [0.15, 0.2) is 29.2 Å². The number of nitrogens with zero attached hydrogens (tertiary/aromatic N) is 1. The molecule has 0 radical (unpaired) electrons. The molecule has 3 aliphatic rings. The molecule has 1 aromatic rings. The van der Waals surface area contributed by atoms with Gasteiger partial charge in [0, 0.05) is 13.1 Å². The van der Waals surface area contributed by atoms with Crippen LogP contribution in [0.3, 0.4) is 0 Å². The molecule has 0 aromatic heterocycles. The van der Waals surface area contributed by atoms with E-state index < -0.39 is 21.4 Å². The molecule has 1 aromatic carbocycles. The minimum absolute atomic E-state index is 0.0551. The van der Waals surface area contributed by atoms with Crippen LogP contribution in [0.4, 0.5) is 0 Å². The zero-order valence-electron chi connectivity index (χ0n) is 12.9. The molecule has 23 heavy (non-hydrogen) atoms. The van der Waals surface area contributed by atoms with Crippen molar-refractivity contribution in [2.24, 2.45) is 11.3 Å². The summed E-state index contributed by atoms with van der Waals surface area (Å²) in [5.41, 5.74) is 0.324. The topological polar surface area (TPSA) is 74.7 Å². The molecule has 2 aliphatic carbocycles. The number of aliphatic carboxylic acids is 1. The van der Waals surface area contributed by atoms with Gasteiger partial charge in [-0.2, -0.15) is 4.31 Å². The van der Waals surface area contributed by atoms with E-state index in [2.05, 4.69) is 0 Å². The van der Waals surface area contributed by atoms with E-state index in [1.165, 1.54) is 22.7 Å². The predicted molar refractivity (Wildman–Crippen MR) is 84.6 cm³/mol. The highest BCUT2D eigenvalue weighted by Crippen LogP contribution is 2.50. The number of sulfonamides is 1. The quantitative estimate of drug-likeness (QED) is 0.917. The molecule has 1 heterocycles. The minimum Gasteiger partial charge on any atom is -0.481 e. The summed E-state index contributed by atoms with van der Waals surface area (Å²) in [4.78, 5) is 12.0. The van der Waals surface area contributed by atoms with Crippen molar-refractivity contribution in [2.45, 2.75) is 42.9 Å². The average molecular weight is 335 g/mol. The molecule has 0 spiro atoms. The second-order valence-corrected chi connectivity index (χ2v) is 9.13. The van der Waals surface area contributed by atoms with E-state index in [0.29, 0.717) is 18.9 Å². The molecule has 0 bridgehead atoms. The second kappa shape index (κ2) is 5.05. The molecule has 1 N–H and O–H groups in total. The van der Waals surface area contributed by atoms with Gasteiger partial charge in [0.1, 0.15) is 0 Å². The number of rotatable bonds is 4. The van der Waals surface area contributed by atoms with Crippen LogP contribution in [0.1, 0.15) is 43.6 Å². The van der Waals surface area contributed by atoms with Crippen LogP contribution in [0.2, 0.25) is 0 Å². The maximum atomic E-state index is 12.9. The molecule has 1 aliphatic heterocycles. The van der Waals surface area contributed by atoms with Gasteiger partial charge < -0.3 is 5.11 Å². The standard InChI is InChI=1S/C17H21NO4S/c19-16(20)17-9-1-2-14(17)10-18(11-17)23(21,22)15-7-5-13(6-8-15)12-3-4-12/h5-8,12,14H,1-4,9-11H2,(H,19,20)/t14-,17+/m0/s1. The average Bonchev–Trinajstić information content (AvgIpc) is 3.17. The van der Waals surface area contributed by atoms with Gasteiger partial charge >= 0.3 is 5.97 Å². The van der Waals surface area contributed by atoms with Crippen molar-refractivity contribution in [3.8, 4) is 0 Å². The van der Waals surface area contributed by atoms with E-state index in [-0.39, 0.29) is 17.4 Å². The lowest BCUT2D eigenvalue weighted by Gasteiger charge is -2.23. The molecule has 3 fully saturated rings. The minimum atomic E-state index is -3.60. The van der Waals surface area contributed by atoms with E-state index in [4.69, 9.17) is 0 Å². The van der Waals surface area contributed by atoms with E-state index >= 15 is 0 Å². The summed E-state index contributed by atoms with van der Waals surface area (Å²) in [5.74, 6) is -0.310. The molecule has 6 heteroatoms. The van der Waals surface area contributed by atoms with Crippen molar-refractivity contribution < 1.29 is 18.3 Å². The Morgan fingerprint density at radius 3 is 2.43 bits per heavy atom. The fraction of sp³-hybridized carbons (Fsp3) is 0.588. The summed E-state index contributed by atoms with van der Waals surface area (Å²) >= 11 is 0. The Morgan fingerprint density at radius 1 is 1.17 bits per heavy atom. The molecule has 4 rings (SSSR count). The van der Waals surface area contributed by atoms with Gasteiger partial charge in [0.15, 0.2) is 0 Å². The Morgan fingerprint density at radius 2 is 1.87 bits per heavy atom. The zero-order chi connectivity index (χ0) is 16.2. The number of carboxylic acid groups (broad SMARTS) is 1. The third-order valence-electron chi connectivity index (χ3n) is 5.83. The molecule has 2 saturated carbocycles. The summed E-state index contributed by atoms with van der Waals surface area (Å²) in [7, 11) is -3.60. The van der Waals surface area contributed by atoms with Crippen molar-refractivity contribution in [3.05, 3.63) is 29.8 Å². The van der Waals surface area contributed by atoms with Crippen molar-refractivity contribution in [1.82, 2.24) is 4.31 Å². The molecule has 124 valence electrons. The van der Waals surface area contributed by atoms with Crippen LogP contribution in [0.5, 0.6) is 0 Å². The molecular formula is C17H21NO4S. The molecule has 5 nitrogen and oxygen atoms in total. The first-order valence-electron chi connectivity index (χ1n) is 8.27. The van der Waals surface area contributed by atoms with Crippen LogP contribution >= 0.6 is 0 Å². The summed E-state index contributed by atoms with van der Waals surface area (Å²) in [5, 5.41) is 9.61. The van der Waals surface area contributed by atoms with Gasteiger partial charge in [-0.25, -0.2) is 8.42 Å². The smallest absolute Gasteiger partial charge is 0.311 e. The van der Waals surface area contributed by atoms with Crippen molar-refractivity contribution >= 4 is 16.0 Å². The number of fused-ring (bicyclic) bond motifs is 1. The van der Waals surface area contributed by atoms with Crippen molar-refractivity contribution in [2.75, 3.05) is 13.1 Å². The molecule has 1 saturated heterocycles. The lowest BCUT2D eigenvalue weighted by molar-refractivity contribution is -0.149. The first-order chi connectivity index (χ1) is 10.9. The largest absolute Gasteiger partial charge is 0.481 e. The Balaban J connectivity index is 1.60. The number of carbonyl (C=O) groups is 1. The summed E-state index contributed by atoms with van der Waals surface area (Å²) in [6, 6.07) is 7.14. The Labute approximate surface area is 136 Å². The first kappa shape index (κ1) is 15.1. The number of carboxylic acids is 1. The van der Waals surface area contributed by atoms with Gasteiger partial charge in [-0.15, -0.1) is 0 Å². The van der Waals surface area contributed by atoms with Crippen LogP contribution < -0.4 is 0 Å². The lowest BCUT2D eigenvalue weighted by atomic mass is 9.81. The second-order valence-electron chi connectivity index (χ2n) is 7.19. The molecule has 2 atom stereocenters. The Kier molecular flexibility index (Phi) is 3.32. The number of benzene rings is 1. The highest BCUT2D eigenvalue weighted by atomic mass is 32.2. The third-order valence-corrected chi connectivity index (χ3v) is 7.66. The first-order valence-corrected chi connectivity index (χ1v) is 9.71. The van der Waals surface area contributed by atoms with E-state index in [9.17, 15) is 18.3 Å². The third kappa shape index (κ3) is 2.31. The van der Waals surface area contributed by atoms with Crippen molar-refractivity contribution in [3.63, 3.8) is 0 Å².